The van der Waals surface area contributed by atoms with E-state index in [1.54, 1.807) is 0 Å². The molecule has 2 atom stereocenters. The Morgan fingerprint density at radius 2 is 1.04 bits per heavy atom. The van der Waals surface area contributed by atoms with Crippen molar-refractivity contribution in [2.75, 3.05) is 6.54 Å². The van der Waals surface area contributed by atoms with E-state index in [0.29, 0.717) is 32.2 Å². The molecule has 3 N–H and O–H groups in total. The van der Waals surface area contributed by atoms with Crippen LogP contribution in [0, 0.1) is 0 Å². The summed E-state index contributed by atoms with van der Waals surface area (Å²) in [5.41, 5.74) is 2.53. The second-order valence-electron chi connectivity index (χ2n) is 10.9. The summed E-state index contributed by atoms with van der Waals surface area (Å²) in [6.07, 6.45) is 3.01. The molecule has 10 heteroatoms. The predicted octanol–water partition coefficient (Wildman–Crippen LogP) is 6.19. The molecular weight excluding hydrogens is 586 g/mol. The maximum atomic E-state index is 13.4. The minimum Gasteiger partial charge on any atom is -0.459 e. The molecular formula is C36H45N3O7. The molecule has 0 bridgehead atoms. The van der Waals surface area contributed by atoms with Crippen molar-refractivity contribution in [3.8, 4) is 0 Å². The molecule has 0 radical (unpaired) electrons. The van der Waals surface area contributed by atoms with E-state index in [1.807, 2.05) is 97.9 Å². The quantitative estimate of drug-likeness (QED) is 0.0817. The molecule has 0 unspecified atom stereocenters. The maximum Gasteiger partial charge on any atom is 0.408 e. The number of alkyl carbamates (subject to hydrolysis) is 2. The van der Waals surface area contributed by atoms with Gasteiger partial charge in [-0.2, -0.15) is 0 Å². The van der Waals surface area contributed by atoms with Crippen molar-refractivity contribution in [1.29, 1.82) is 0 Å². The third kappa shape index (κ3) is 14.3. The zero-order valence-electron chi connectivity index (χ0n) is 26.5. The molecule has 10 nitrogen and oxygen atoms in total. The first kappa shape index (κ1) is 35.6. The highest BCUT2D eigenvalue weighted by molar-refractivity contribution is 5.89. The van der Waals surface area contributed by atoms with Gasteiger partial charge in [-0.25, -0.2) is 14.4 Å². The van der Waals surface area contributed by atoms with Gasteiger partial charge in [-0.1, -0.05) is 117 Å². The maximum absolute atomic E-state index is 13.4. The number of hydrogen-bond donors (Lipinski definition) is 3. The number of rotatable bonds is 19. The van der Waals surface area contributed by atoms with E-state index in [1.165, 1.54) is 0 Å². The highest BCUT2D eigenvalue weighted by atomic mass is 16.6. The van der Waals surface area contributed by atoms with E-state index in [4.69, 9.17) is 14.2 Å². The molecule has 3 aromatic rings. The van der Waals surface area contributed by atoms with Crippen LogP contribution in [0.5, 0.6) is 0 Å². The van der Waals surface area contributed by atoms with Gasteiger partial charge in [-0.05, 0) is 42.4 Å². The minimum absolute atomic E-state index is 0.0604. The molecule has 46 heavy (non-hydrogen) atoms. The lowest BCUT2D eigenvalue weighted by molar-refractivity contribution is -0.149. The van der Waals surface area contributed by atoms with Gasteiger partial charge >= 0.3 is 18.2 Å². The van der Waals surface area contributed by atoms with Crippen molar-refractivity contribution in [2.24, 2.45) is 0 Å². The molecule has 0 spiro atoms. The monoisotopic (exact) mass is 631 g/mol. The van der Waals surface area contributed by atoms with Gasteiger partial charge < -0.3 is 30.2 Å². The number of ether oxygens (including phenoxy) is 3. The summed E-state index contributed by atoms with van der Waals surface area (Å²) in [6.45, 7) is 2.68. The van der Waals surface area contributed by atoms with Gasteiger partial charge in [0.1, 0.15) is 31.9 Å². The summed E-state index contributed by atoms with van der Waals surface area (Å²) in [6, 6.07) is 26.1. The van der Waals surface area contributed by atoms with Gasteiger partial charge in [0.15, 0.2) is 0 Å². The van der Waals surface area contributed by atoms with Crippen LogP contribution >= 0.6 is 0 Å². The van der Waals surface area contributed by atoms with Crippen molar-refractivity contribution in [3.05, 3.63) is 108 Å². The molecule has 3 rings (SSSR count). The van der Waals surface area contributed by atoms with Gasteiger partial charge in [0, 0.05) is 6.54 Å². The molecule has 0 fully saturated rings. The van der Waals surface area contributed by atoms with Crippen molar-refractivity contribution in [3.63, 3.8) is 0 Å². The highest BCUT2D eigenvalue weighted by Crippen LogP contribution is 2.10. The third-order valence-corrected chi connectivity index (χ3v) is 7.14. The number of hydrogen-bond acceptors (Lipinski definition) is 7. The number of esters is 1. The van der Waals surface area contributed by atoms with Crippen LogP contribution in [0.25, 0.3) is 0 Å². The van der Waals surface area contributed by atoms with E-state index < -0.39 is 36.1 Å². The summed E-state index contributed by atoms with van der Waals surface area (Å²) >= 11 is 0. The zero-order valence-corrected chi connectivity index (χ0v) is 26.5. The number of carbonyl (C=O) groups excluding carboxylic acids is 4. The van der Waals surface area contributed by atoms with Crippen molar-refractivity contribution >= 4 is 24.1 Å². The van der Waals surface area contributed by atoms with Crippen LogP contribution in [-0.4, -0.2) is 42.7 Å². The van der Waals surface area contributed by atoms with Gasteiger partial charge in [0.25, 0.3) is 0 Å². The number of carbonyl (C=O) groups is 4. The van der Waals surface area contributed by atoms with Gasteiger partial charge in [-0.3, -0.25) is 4.79 Å². The van der Waals surface area contributed by atoms with E-state index >= 15 is 0 Å². The summed E-state index contributed by atoms with van der Waals surface area (Å²) in [5, 5.41) is 8.19. The number of benzene rings is 3. The Labute approximate surface area is 271 Å². The van der Waals surface area contributed by atoms with Crippen LogP contribution in [0.1, 0.15) is 68.6 Å². The first-order valence-electron chi connectivity index (χ1n) is 15.9. The van der Waals surface area contributed by atoms with E-state index in [0.717, 1.165) is 29.5 Å². The molecule has 0 aliphatic carbocycles. The lowest BCUT2D eigenvalue weighted by Gasteiger charge is -2.23. The summed E-state index contributed by atoms with van der Waals surface area (Å²) in [4.78, 5) is 51.3. The fourth-order valence-corrected chi connectivity index (χ4v) is 4.56. The largest absolute Gasteiger partial charge is 0.459 e. The Balaban J connectivity index is 1.54. The van der Waals surface area contributed by atoms with Crippen LogP contribution in [0.2, 0.25) is 0 Å². The van der Waals surface area contributed by atoms with Crippen LogP contribution in [-0.2, 0) is 43.6 Å². The Bertz CT molecular complexity index is 1320. The van der Waals surface area contributed by atoms with Gasteiger partial charge in [0.05, 0.1) is 0 Å². The molecule has 0 aliphatic rings. The molecule has 3 amide bonds. The fraction of sp³-hybridized carbons (Fsp3) is 0.389. The lowest BCUT2D eigenvalue weighted by atomic mass is 10.1. The predicted molar refractivity (Wildman–Crippen MR) is 174 cm³/mol. The molecule has 0 heterocycles. The highest BCUT2D eigenvalue weighted by Gasteiger charge is 2.28. The van der Waals surface area contributed by atoms with Crippen LogP contribution in [0.4, 0.5) is 9.59 Å². The number of amides is 3. The van der Waals surface area contributed by atoms with E-state index in [2.05, 4.69) is 16.0 Å². The summed E-state index contributed by atoms with van der Waals surface area (Å²) < 4.78 is 16.1. The zero-order chi connectivity index (χ0) is 32.8. The molecule has 3 aromatic carbocycles. The first-order valence-corrected chi connectivity index (χ1v) is 15.9. The Morgan fingerprint density at radius 1 is 0.565 bits per heavy atom. The minimum atomic E-state index is -0.947. The smallest absolute Gasteiger partial charge is 0.408 e. The number of unbranched alkanes of at least 4 members (excludes halogenated alkanes) is 3. The molecule has 0 aromatic heterocycles. The van der Waals surface area contributed by atoms with Gasteiger partial charge in [-0.15, -0.1) is 0 Å². The number of nitrogens with one attached hydrogen (secondary N) is 3. The standard InChI is InChI=1S/C36H45N3O7/c1-2-3-7-22-31(39-36(43)46-27-30-20-12-6-13-21-30)33(40)38-32(34(41)44-25-28-16-8-4-9-17-28)23-14-15-24-37-35(42)45-26-29-18-10-5-11-19-29/h4-6,8-13,16-21,31-32H,2-3,7,14-15,22-27H2,1H3,(H,37,42)(H,38,40)(H,39,43)/t31-,32-/m0/s1. The summed E-state index contributed by atoms with van der Waals surface area (Å²) in [5.74, 6) is -1.07. The molecule has 0 aliphatic heterocycles. The molecule has 246 valence electrons. The lowest BCUT2D eigenvalue weighted by Crippen LogP contribution is -2.52. The second kappa shape index (κ2) is 21.0. The summed E-state index contributed by atoms with van der Waals surface area (Å²) in [7, 11) is 0. The second-order valence-corrected chi connectivity index (χ2v) is 10.9. The normalized spacial score (nSPS) is 11.8. The van der Waals surface area contributed by atoms with Crippen LogP contribution < -0.4 is 16.0 Å². The van der Waals surface area contributed by atoms with Gasteiger partial charge in [0.2, 0.25) is 5.91 Å². The Kier molecular flexibility index (Phi) is 16.2. The average molecular weight is 632 g/mol. The third-order valence-electron chi connectivity index (χ3n) is 7.14. The topological polar surface area (TPSA) is 132 Å². The first-order chi connectivity index (χ1) is 22.4. The van der Waals surface area contributed by atoms with Crippen molar-refractivity contribution in [1.82, 2.24) is 16.0 Å². The van der Waals surface area contributed by atoms with Crippen LogP contribution in [0.3, 0.4) is 0 Å². The molecule has 0 saturated heterocycles. The van der Waals surface area contributed by atoms with E-state index in [9.17, 15) is 19.2 Å². The SMILES string of the molecule is CCCCC[C@H](NC(=O)OCc1ccccc1)C(=O)N[C@@H](CCCCNC(=O)OCc1ccccc1)C(=O)OCc1ccccc1. The van der Waals surface area contributed by atoms with Crippen molar-refractivity contribution in [2.45, 2.75) is 83.8 Å². The van der Waals surface area contributed by atoms with E-state index in [-0.39, 0.29) is 26.2 Å². The van der Waals surface area contributed by atoms with Crippen LogP contribution in [0.15, 0.2) is 91.0 Å². The Morgan fingerprint density at radius 3 is 1.59 bits per heavy atom. The van der Waals surface area contributed by atoms with Crippen molar-refractivity contribution < 1.29 is 33.4 Å². The Hall–Kier alpha value is -4.86. The fourth-order valence-electron chi connectivity index (χ4n) is 4.56. The molecule has 0 saturated carbocycles. The average Bonchev–Trinajstić information content (AvgIpc) is 3.09.